The number of aromatic amines is 1. The fourth-order valence-corrected chi connectivity index (χ4v) is 23.0. The van der Waals surface area contributed by atoms with E-state index in [-0.39, 0.29) is 69.8 Å². The molecule has 3 aliphatic heterocycles. The summed E-state index contributed by atoms with van der Waals surface area (Å²) in [4.78, 5) is 56.2. The highest BCUT2D eigenvalue weighted by Gasteiger charge is 2.67. The van der Waals surface area contributed by atoms with E-state index in [9.17, 15) is 29.4 Å². The summed E-state index contributed by atoms with van der Waals surface area (Å²) in [5.74, 6) is -1.26. The minimum absolute atomic E-state index is 0.102. The Kier molecular flexibility index (Phi) is 17.0. The van der Waals surface area contributed by atoms with E-state index in [1.54, 1.807) is 30.3 Å². The molecule has 5 aromatic rings. The van der Waals surface area contributed by atoms with Gasteiger partial charge in [0, 0.05) is 16.3 Å². The zero-order chi connectivity index (χ0) is 53.5. The van der Waals surface area contributed by atoms with E-state index >= 15 is 4.39 Å². The zero-order valence-electron chi connectivity index (χ0n) is 42.2. The average molecular weight is 1120 g/mol. The molecule has 4 N–H and O–H groups in total. The first-order valence-electron chi connectivity index (χ1n) is 24.1. The van der Waals surface area contributed by atoms with Crippen molar-refractivity contribution in [1.29, 1.82) is 5.26 Å². The van der Waals surface area contributed by atoms with Gasteiger partial charge in [-0.2, -0.15) is 5.26 Å². The normalized spacial score (nSPS) is 25.2. The van der Waals surface area contributed by atoms with Gasteiger partial charge in [0.15, 0.2) is 60.9 Å². The SMILES string of the molecule is CC(C)[Si](C)(O[Si](O[C@H]1[C@@H](OP(=S)(OCCC#N)OC[C@@]23CO[C@@H](C(n4cnc5c(NC(=O)c6ccccc6)ncnc54)O2)[C@@H]3O[P+](=O)O)[C@H](n2cc(F)c3c(=O)[nH]cnc32)O[C@@H]1CO)(C(C)C)C(C)C)C(C)C. The molecule has 3 unspecified atom stereocenters. The summed E-state index contributed by atoms with van der Waals surface area (Å²) < 4.78 is 91.0. The Labute approximate surface area is 433 Å². The molecule has 23 nitrogen and oxygen atoms in total. The molecule has 1 aromatic carbocycles. The zero-order valence-corrected chi connectivity index (χ0v) is 46.8. The number of aliphatic hydroxyl groups is 1. The van der Waals surface area contributed by atoms with Crippen LogP contribution < -0.4 is 10.9 Å². The molecule has 8 rings (SSSR count). The second-order valence-electron chi connectivity index (χ2n) is 19.8. The molecule has 0 spiro atoms. The topological polar surface area (TPSA) is 288 Å². The first kappa shape index (κ1) is 56.0. The van der Waals surface area contributed by atoms with Gasteiger partial charge in [0.25, 0.3) is 11.5 Å². The van der Waals surface area contributed by atoms with Gasteiger partial charge in [-0.1, -0.05) is 73.6 Å². The van der Waals surface area contributed by atoms with Crippen LogP contribution in [0.4, 0.5) is 10.2 Å². The van der Waals surface area contributed by atoms with Gasteiger partial charge in [-0.05, 0) is 52.7 Å². The first-order valence-corrected chi connectivity index (χ1v) is 32.3. The quantitative estimate of drug-likeness (QED) is 0.0286. The van der Waals surface area contributed by atoms with Gasteiger partial charge in [-0.25, -0.2) is 24.3 Å². The van der Waals surface area contributed by atoms with Crippen LogP contribution in [0.25, 0.3) is 22.2 Å². The third kappa shape index (κ3) is 10.6. The molecule has 3 fully saturated rings. The predicted molar refractivity (Wildman–Crippen MR) is 273 cm³/mol. The number of hydrogen-bond donors (Lipinski definition) is 4. The van der Waals surface area contributed by atoms with E-state index in [4.69, 9.17) is 52.7 Å². The Morgan fingerprint density at radius 2 is 1.76 bits per heavy atom. The number of halogens is 1. The monoisotopic (exact) mass is 1120 g/mol. The Hall–Kier alpha value is -4.18. The Morgan fingerprint density at radius 3 is 2.41 bits per heavy atom. The van der Waals surface area contributed by atoms with E-state index in [2.05, 4.69) is 64.5 Å². The van der Waals surface area contributed by atoms with Crippen molar-refractivity contribution in [2.75, 3.05) is 31.7 Å². The largest absolute Gasteiger partial charge is 0.695 e. The van der Waals surface area contributed by atoms with E-state index in [0.29, 0.717) is 5.56 Å². The Bertz CT molecular complexity index is 2990. The number of hydrogen-bond acceptors (Lipinski definition) is 19. The van der Waals surface area contributed by atoms with Crippen LogP contribution in [0.3, 0.4) is 0 Å². The third-order valence-corrected chi connectivity index (χ3v) is 28.4. The number of benzene rings is 1. The number of nitrogens with one attached hydrogen (secondary N) is 2. The minimum Gasteiger partial charge on any atom is -0.435 e. The molecule has 3 aliphatic rings. The Morgan fingerprint density at radius 1 is 1.04 bits per heavy atom. The van der Waals surface area contributed by atoms with E-state index in [1.807, 2.05) is 33.8 Å². The highest BCUT2D eigenvalue weighted by Crippen LogP contribution is 2.58. The first-order chi connectivity index (χ1) is 35.1. The molecule has 400 valence electrons. The maximum absolute atomic E-state index is 15.9. The molecule has 0 saturated carbocycles. The second-order valence-corrected chi connectivity index (χ2v) is 32.9. The molecular formula is C45H61FN9O14P2SSi2+. The summed E-state index contributed by atoms with van der Waals surface area (Å²) in [5.41, 5.74) is -1.83. The molecule has 10 atom stereocenters. The van der Waals surface area contributed by atoms with Gasteiger partial charge in [0.2, 0.25) is 0 Å². The molecule has 0 radical (unpaired) electrons. The molecule has 74 heavy (non-hydrogen) atoms. The lowest BCUT2D eigenvalue weighted by atomic mass is 10.0. The van der Waals surface area contributed by atoms with Gasteiger partial charge < -0.3 is 51.8 Å². The van der Waals surface area contributed by atoms with Crippen LogP contribution in [0.15, 0.2) is 60.3 Å². The predicted octanol–water partition coefficient (Wildman–Crippen LogP) is 7.16. The third-order valence-electron chi connectivity index (χ3n) is 14.2. The summed E-state index contributed by atoms with van der Waals surface area (Å²) in [6.07, 6.45) is -4.12. The van der Waals surface area contributed by atoms with Crippen molar-refractivity contribution in [2.24, 2.45) is 0 Å². The van der Waals surface area contributed by atoms with Crippen LogP contribution in [0.2, 0.25) is 28.7 Å². The number of rotatable bonds is 23. The number of anilines is 1. The number of nitriles is 1. The van der Waals surface area contributed by atoms with Gasteiger partial charge in [-0.15, -0.1) is 9.42 Å². The summed E-state index contributed by atoms with van der Waals surface area (Å²) in [6, 6.07) is 10.5. The van der Waals surface area contributed by atoms with E-state index < -0.39 is 111 Å². The lowest BCUT2D eigenvalue weighted by Gasteiger charge is -2.49. The average Bonchev–Trinajstić information content (AvgIpc) is 4.17. The summed E-state index contributed by atoms with van der Waals surface area (Å²) in [5, 5.41) is 23.2. The number of aromatic nitrogens is 7. The van der Waals surface area contributed by atoms with Gasteiger partial charge in [0.1, 0.15) is 36.1 Å². The standard InChI is InChI=1S/C45H60FN9O14P2SSi2/c1-25(2)73(9,26(3)4)69-74(27(5)6,28(7)8)68-34-31(19-56)64-43(54-18-30(46)32-39(54)49-23-51-42(32)58)35(34)67-71(72,62-17-13-16-47)63-21-45-20-61-36(37(45)66-70(59)60)44(65-45)55-24-52-33-38(48-22-50-40(33)55)53-41(57)29-14-11-10-12-15-29/h10-12,14-15,18,22-28,31,34-37,43-44,56H,13,17,19-21H2,1-9H3,(H2-,48,49,50,51,53,57,58,59,60)/p+1/t31-,34-,35-,36-,37+,43-,44?,45-,71?/m1/s1. The van der Waals surface area contributed by atoms with Gasteiger partial charge >= 0.3 is 23.5 Å². The van der Waals surface area contributed by atoms with Crippen LogP contribution in [-0.4, -0.2) is 129 Å². The number of ether oxygens (including phenoxy) is 3. The molecule has 3 saturated heterocycles. The number of H-pyrrole nitrogens is 1. The fraction of sp³-hybridized carbons (Fsp3) is 0.578. The number of aliphatic hydroxyl groups excluding tert-OH is 1. The number of imidazole rings is 1. The maximum Gasteiger partial charge on any atom is 0.695 e. The van der Waals surface area contributed by atoms with Gasteiger partial charge in [0.05, 0.1) is 51.6 Å². The van der Waals surface area contributed by atoms with Crippen LogP contribution in [0.5, 0.6) is 0 Å². The lowest BCUT2D eigenvalue weighted by Crippen LogP contribution is -2.61. The molecule has 0 aliphatic carbocycles. The summed E-state index contributed by atoms with van der Waals surface area (Å²) in [6.45, 7) is 12.8. The fourth-order valence-electron chi connectivity index (χ4n) is 9.74. The number of carbonyl (C=O) groups excluding carboxylic acids is 1. The minimum atomic E-state index is -4.27. The number of fused-ring (bicyclic) bond motifs is 4. The van der Waals surface area contributed by atoms with Crippen LogP contribution in [0.1, 0.15) is 84.6 Å². The van der Waals surface area contributed by atoms with Crippen LogP contribution in [0, 0.1) is 17.1 Å². The van der Waals surface area contributed by atoms with Crippen molar-refractivity contribution in [1.82, 2.24) is 34.1 Å². The molecule has 4 aromatic heterocycles. The van der Waals surface area contributed by atoms with Crippen LogP contribution in [-0.2, 0) is 57.2 Å². The van der Waals surface area contributed by atoms with Crippen molar-refractivity contribution in [3.05, 3.63) is 77.2 Å². The van der Waals surface area contributed by atoms with Crippen LogP contribution >= 0.6 is 15.0 Å². The van der Waals surface area contributed by atoms with Crippen molar-refractivity contribution in [2.45, 2.75) is 139 Å². The van der Waals surface area contributed by atoms with E-state index in [1.165, 1.54) is 21.8 Å². The molecule has 1 amide bonds. The summed E-state index contributed by atoms with van der Waals surface area (Å²) in [7, 11) is -9.36. The highest BCUT2D eigenvalue weighted by atomic mass is 32.5. The smallest absolute Gasteiger partial charge is 0.435 e. The van der Waals surface area contributed by atoms with Crippen molar-refractivity contribution < 1.29 is 64.6 Å². The van der Waals surface area contributed by atoms with E-state index in [0.717, 1.165) is 12.5 Å². The van der Waals surface area contributed by atoms with Crippen molar-refractivity contribution >= 4 is 77.6 Å². The molecule has 2 bridgehead atoms. The molecular weight excluding hydrogens is 1060 g/mol. The second kappa shape index (κ2) is 22.4. The highest BCUT2D eigenvalue weighted by molar-refractivity contribution is 8.07. The van der Waals surface area contributed by atoms with Crippen molar-refractivity contribution in [3.8, 4) is 6.07 Å². The molecule has 29 heteroatoms. The number of amides is 1. The maximum atomic E-state index is 15.9. The number of nitrogens with zero attached hydrogens (tertiary/aromatic N) is 7. The Balaban J connectivity index is 1.17. The lowest BCUT2D eigenvalue weighted by molar-refractivity contribution is -0.183. The number of carbonyl (C=O) groups is 1. The van der Waals surface area contributed by atoms with Crippen molar-refractivity contribution in [3.63, 3.8) is 0 Å². The summed E-state index contributed by atoms with van der Waals surface area (Å²) >= 11 is 6.22. The molecule has 7 heterocycles. The van der Waals surface area contributed by atoms with Gasteiger partial charge in [-0.3, -0.25) is 18.7 Å².